The van der Waals surface area contributed by atoms with Gasteiger partial charge in [0.2, 0.25) is 11.8 Å². The number of hydrogen-bond donors (Lipinski definition) is 1. The minimum absolute atomic E-state index is 0.344. The maximum absolute atomic E-state index is 10.7. The lowest BCUT2D eigenvalue weighted by Gasteiger charge is -2.08. The molecule has 0 aliphatic rings. The topological polar surface area (TPSA) is 50.2 Å². The van der Waals surface area contributed by atoms with E-state index in [1.165, 1.54) is 12.4 Å². The molecule has 0 aromatic carbocycles. The van der Waals surface area contributed by atoms with E-state index in [4.69, 9.17) is 0 Å². The second-order valence-corrected chi connectivity index (χ2v) is 4.14. The Hall–Kier alpha value is -1.58. The van der Waals surface area contributed by atoms with Gasteiger partial charge in [-0.2, -0.15) is 4.73 Å². The highest BCUT2D eigenvalue weighted by Crippen LogP contribution is 2.04. The predicted octanol–water partition coefficient (Wildman–Crippen LogP) is 0.939. The van der Waals surface area contributed by atoms with Gasteiger partial charge >= 0.3 is 0 Å². The third kappa shape index (κ3) is 2.73. The molecule has 0 amide bonds. The van der Waals surface area contributed by atoms with Crippen LogP contribution in [0.1, 0.15) is 26.3 Å². The zero-order valence-corrected chi connectivity index (χ0v) is 8.64. The third-order valence-corrected chi connectivity index (χ3v) is 1.79. The second kappa shape index (κ2) is 3.65. The molecular formula is C10H15N2O2+. The smallest absolute Gasteiger partial charge is 0.223 e. The summed E-state index contributed by atoms with van der Waals surface area (Å²) in [5.74, 6) is 0. The number of rotatable bonds is 1. The molecule has 1 aromatic heterocycles. The van der Waals surface area contributed by atoms with E-state index in [1.807, 2.05) is 20.8 Å². The van der Waals surface area contributed by atoms with E-state index in [-0.39, 0.29) is 5.54 Å². The Labute approximate surface area is 83.3 Å². The van der Waals surface area contributed by atoms with Crippen molar-refractivity contribution >= 4 is 6.21 Å². The van der Waals surface area contributed by atoms with Gasteiger partial charge in [-0.05, 0) is 4.74 Å². The molecule has 1 rings (SSSR count). The normalized spacial score (nSPS) is 12.9. The van der Waals surface area contributed by atoms with Crippen LogP contribution < -0.4 is 4.73 Å². The monoisotopic (exact) mass is 195 g/mol. The molecule has 1 heterocycles. The summed E-state index contributed by atoms with van der Waals surface area (Å²) < 4.78 is 1.83. The highest BCUT2D eigenvalue weighted by atomic mass is 16.5. The Morgan fingerprint density at radius 2 is 1.86 bits per heavy atom. The molecule has 0 spiro atoms. The van der Waals surface area contributed by atoms with Crippen LogP contribution in [0.5, 0.6) is 0 Å². The lowest BCUT2D eigenvalue weighted by atomic mass is 10.1. The Morgan fingerprint density at radius 1 is 1.36 bits per heavy atom. The van der Waals surface area contributed by atoms with E-state index < -0.39 is 0 Å². The molecule has 0 unspecified atom stereocenters. The fourth-order valence-electron chi connectivity index (χ4n) is 0.845. The van der Waals surface area contributed by atoms with Crippen molar-refractivity contribution in [1.29, 1.82) is 0 Å². The first-order chi connectivity index (χ1) is 6.39. The van der Waals surface area contributed by atoms with Gasteiger partial charge in [0.15, 0.2) is 12.4 Å². The highest BCUT2D eigenvalue weighted by molar-refractivity contribution is 5.74. The van der Waals surface area contributed by atoms with Crippen molar-refractivity contribution in [2.75, 3.05) is 0 Å². The van der Waals surface area contributed by atoms with E-state index in [0.29, 0.717) is 4.73 Å². The van der Waals surface area contributed by atoms with Crippen LogP contribution in [0.2, 0.25) is 0 Å². The van der Waals surface area contributed by atoms with Crippen LogP contribution >= 0.6 is 0 Å². The summed E-state index contributed by atoms with van der Waals surface area (Å²) in [5.41, 5.74) is 0.443. The molecule has 0 aliphatic carbocycles. The van der Waals surface area contributed by atoms with Gasteiger partial charge in [-0.15, -0.1) is 0 Å². The molecule has 0 saturated carbocycles. The Kier molecular flexibility index (Phi) is 2.74. The maximum atomic E-state index is 10.7. The highest BCUT2D eigenvalue weighted by Gasteiger charge is 2.24. The van der Waals surface area contributed by atoms with Gasteiger partial charge in [0.05, 0.1) is 5.56 Å². The van der Waals surface area contributed by atoms with E-state index >= 15 is 0 Å². The summed E-state index contributed by atoms with van der Waals surface area (Å²) in [5, 5.41) is 20.3. The van der Waals surface area contributed by atoms with Crippen molar-refractivity contribution in [3.8, 4) is 0 Å². The van der Waals surface area contributed by atoms with Gasteiger partial charge in [-0.25, -0.2) is 0 Å². The van der Waals surface area contributed by atoms with Crippen molar-refractivity contribution in [3.05, 3.63) is 35.3 Å². The Bertz CT molecular complexity index is 336. The summed E-state index contributed by atoms with van der Waals surface area (Å²) in [6, 6.07) is 3.28. The summed E-state index contributed by atoms with van der Waals surface area (Å²) in [4.78, 5) is 0. The summed E-state index contributed by atoms with van der Waals surface area (Å²) in [6.45, 7) is 5.67. The lowest BCUT2D eigenvalue weighted by Crippen LogP contribution is -2.31. The quantitative estimate of drug-likeness (QED) is 0.238. The number of hydrogen-bond acceptors (Lipinski definition) is 2. The van der Waals surface area contributed by atoms with Crippen LogP contribution in [0.15, 0.2) is 24.5 Å². The van der Waals surface area contributed by atoms with Gasteiger partial charge < -0.3 is 5.21 Å². The van der Waals surface area contributed by atoms with Gasteiger partial charge in [0, 0.05) is 32.9 Å². The number of pyridine rings is 1. The van der Waals surface area contributed by atoms with E-state index in [1.54, 1.807) is 18.3 Å². The van der Waals surface area contributed by atoms with Crippen LogP contribution in [0.25, 0.3) is 0 Å². The zero-order valence-electron chi connectivity index (χ0n) is 8.64. The molecule has 14 heavy (non-hydrogen) atoms. The average molecular weight is 195 g/mol. The fraction of sp³-hybridized carbons (Fsp3) is 0.400. The molecule has 0 saturated heterocycles. The molecule has 0 atom stereocenters. The van der Waals surface area contributed by atoms with Gasteiger partial charge in [0.25, 0.3) is 0 Å². The van der Waals surface area contributed by atoms with E-state index in [9.17, 15) is 10.4 Å². The van der Waals surface area contributed by atoms with Gasteiger partial charge in [0.1, 0.15) is 0 Å². The molecule has 1 N–H and O–H groups in total. The second-order valence-electron chi connectivity index (χ2n) is 4.14. The largest absolute Gasteiger partial charge is 0.619 e. The molecule has 1 aromatic rings. The minimum atomic E-state index is -0.344. The van der Waals surface area contributed by atoms with E-state index in [2.05, 4.69) is 0 Å². The first kappa shape index (κ1) is 10.5. The maximum Gasteiger partial charge on any atom is 0.223 e. The minimum Gasteiger partial charge on any atom is -0.619 e. The molecule has 4 heteroatoms. The molecule has 0 radical (unpaired) electrons. The van der Waals surface area contributed by atoms with Gasteiger partial charge in [-0.1, -0.05) is 0 Å². The summed E-state index contributed by atoms with van der Waals surface area (Å²) in [6.07, 6.45) is 4.37. The van der Waals surface area contributed by atoms with Crippen LogP contribution in [0.4, 0.5) is 0 Å². The molecule has 4 nitrogen and oxygen atoms in total. The predicted molar refractivity (Wildman–Crippen MR) is 52.4 cm³/mol. The standard InChI is InChI=1S/C10H15N2O2/c1-10(2,3)12(14)8-9-4-6-11(13)7-5-9/h4-8,14H,1-3H3/q+1/b12-8-. The Morgan fingerprint density at radius 3 is 2.29 bits per heavy atom. The van der Waals surface area contributed by atoms with Crippen LogP contribution in [0.3, 0.4) is 0 Å². The third-order valence-electron chi connectivity index (χ3n) is 1.79. The summed E-state index contributed by atoms with van der Waals surface area (Å²) in [7, 11) is 0. The summed E-state index contributed by atoms with van der Waals surface area (Å²) >= 11 is 0. The Balaban J connectivity index is 2.93. The van der Waals surface area contributed by atoms with E-state index in [0.717, 1.165) is 10.3 Å². The molecule has 0 fully saturated rings. The number of nitrogens with zero attached hydrogens (tertiary/aromatic N) is 2. The van der Waals surface area contributed by atoms with Crippen LogP contribution in [-0.4, -0.2) is 21.7 Å². The fourth-order valence-corrected chi connectivity index (χ4v) is 0.845. The van der Waals surface area contributed by atoms with Crippen molar-refractivity contribution in [2.24, 2.45) is 0 Å². The number of hydroxylamine groups is 1. The van der Waals surface area contributed by atoms with Crippen LogP contribution in [-0.2, 0) is 0 Å². The lowest BCUT2D eigenvalue weighted by molar-refractivity contribution is -0.816. The van der Waals surface area contributed by atoms with Crippen molar-refractivity contribution in [3.63, 3.8) is 0 Å². The van der Waals surface area contributed by atoms with Crippen molar-refractivity contribution < 1.29 is 14.7 Å². The van der Waals surface area contributed by atoms with Crippen LogP contribution in [0, 0.1) is 5.21 Å². The average Bonchev–Trinajstić information content (AvgIpc) is 2.07. The van der Waals surface area contributed by atoms with Crippen molar-refractivity contribution in [1.82, 2.24) is 0 Å². The first-order valence-electron chi connectivity index (χ1n) is 4.41. The molecule has 0 bridgehead atoms. The number of aromatic nitrogens is 1. The zero-order chi connectivity index (χ0) is 10.8. The molecule has 0 aliphatic heterocycles. The van der Waals surface area contributed by atoms with Crippen molar-refractivity contribution in [2.45, 2.75) is 26.3 Å². The van der Waals surface area contributed by atoms with Gasteiger partial charge in [-0.3, -0.25) is 5.21 Å². The SMILES string of the molecule is CC(C)(C)/[N+](O)=C/c1cc[n+]([O-])cc1. The molecule has 76 valence electrons. The molecular weight excluding hydrogens is 180 g/mol. The first-order valence-corrected chi connectivity index (χ1v) is 4.41.